The first-order valence-corrected chi connectivity index (χ1v) is 15.3. The Labute approximate surface area is 183 Å². The standard InChI is InChI=1S/C29H34Si/c1-18(2)24-17-29(27-16-22-10-6-9-21(22)15-26(24)27)30(3,4)28-12-11-23-13-19-7-5-8-20(19)14-25(23)28/h11-18,28-29H,5-10H2,1-4H3. The maximum absolute atomic E-state index is 2.70. The van der Waals surface area contributed by atoms with E-state index in [1.807, 2.05) is 0 Å². The van der Waals surface area contributed by atoms with Gasteiger partial charge in [-0.05, 0) is 106 Å². The molecule has 0 spiro atoms. The van der Waals surface area contributed by atoms with Crippen molar-refractivity contribution in [3.8, 4) is 0 Å². The van der Waals surface area contributed by atoms with Gasteiger partial charge in [0.1, 0.15) is 0 Å². The van der Waals surface area contributed by atoms with Crippen molar-refractivity contribution >= 4 is 19.7 Å². The molecule has 0 bridgehead atoms. The zero-order chi connectivity index (χ0) is 20.6. The van der Waals surface area contributed by atoms with Crippen molar-refractivity contribution in [2.45, 2.75) is 76.5 Å². The average molecular weight is 411 g/mol. The van der Waals surface area contributed by atoms with E-state index in [4.69, 9.17) is 0 Å². The quantitative estimate of drug-likeness (QED) is 0.462. The largest absolute Gasteiger partial charge is 0.0791 e. The lowest BCUT2D eigenvalue weighted by Crippen LogP contribution is -2.40. The van der Waals surface area contributed by atoms with Gasteiger partial charge in [0.2, 0.25) is 0 Å². The summed E-state index contributed by atoms with van der Waals surface area (Å²) < 4.78 is 0. The molecular formula is C29H34Si. The highest BCUT2D eigenvalue weighted by Crippen LogP contribution is 2.51. The van der Waals surface area contributed by atoms with Crippen molar-refractivity contribution < 1.29 is 0 Å². The molecule has 2 atom stereocenters. The lowest BCUT2D eigenvalue weighted by molar-refractivity contribution is 0.856. The zero-order valence-electron chi connectivity index (χ0n) is 19.0. The molecule has 0 aromatic heterocycles. The molecule has 2 aromatic carbocycles. The number of rotatable bonds is 3. The molecule has 0 radical (unpaired) electrons. The summed E-state index contributed by atoms with van der Waals surface area (Å²) in [6.07, 6.45) is 15.5. The van der Waals surface area contributed by atoms with Gasteiger partial charge in [-0.25, -0.2) is 0 Å². The van der Waals surface area contributed by atoms with Crippen molar-refractivity contribution in [2.75, 3.05) is 0 Å². The van der Waals surface area contributed by atoms with Gasteiger partial charge in [0, 0.05) is 0 Å². The first-order chi connectivity index (χ1) is 14.4. The van der Waals surface area contributed by atoms with Gasteiger partial charge in [0.25, 0.3) is 0 Å². The number of aryl methyl sites for hydroxylation is 4. The Kier molecular flexibility index (Phi) is 4.13. The lowest BCUT2D eigenvalue weighted by atomic mass is 9.94. The predicted octanol–water partition coefficient (Wildman–Crippen LogP) is 7.40. The van der Waals surface area contributed by atoms with Gasteiger partial charge in [-0.1, -0.05) is 69.4 Å². The van der Waals surface area contributed by atoms with Crippen LogP contribution in [0.3, 0.4) is 0 Å². The zero-order valence-corrected chi connectivity index (χ0v) is 20.0. The summed E-state index contributed by atoms with van der Waals surface area (Å²) in [6.45, 7) is 10.1. The minimum Gasteiger partial charge on any atom is -0.0791 e. The maximum atomic E-state index is 2.70. The Morgan fingerprint density at radius 1 is 0.767 bits per heavy atom. The molecule has 0 nitrogen and oxygen atoms in total. The van der Waals surface area contributed by atoms with E-state index in [0.717, 1.165) is 0 Å². The third-order valence-electron chi connectivity index (χ3n) is 8.58. The summed E-state index contributed by atoms with van der Waals surface area (Å²) in [6, 6.07) is 10.3. The Morgan fingerprint density at radius 2 is 1.37 bits per heavy atom. The number of fused-ring (bicyclic) bond motifs is 4. The third kappa shape index (κ3) is 2.64. The average Bonchev–Trinajstić information content (AvgIpc) is 3.47. The minimum absolute atomic E-state index is 0.604. The van der Waals surface area contributed by atoms with Gasteiger partial charge >= 0.3 is 0 Å². The van der Waals surface area contributed by atoms with E-state index < -0.39 is 8.07 Å². The summed E-state index contributed by atoms with van der Waals surface area (Å²) in [7, 11) is -1.66. The predicted molar refractivity (Wildman–Crippen MR) is 132 cm³/mol. The van der Waals surface area contributed by atoms with Crippen LogP contribution in [0.2, 0.25) is 13.1 Å². The van der Waals surface area contributed by atoms with Crippen LogP contribution in [0, 0.1) is 5.92 Å². The molecule has 4 aliphatic rings. The summed E-state index contributed by atoms with van der Waals surface area (Å²) in [5.74, 6) is 0.604. The summed E-state index contributed by atoms with van der Waals surface area (Å²) >= 11 is 0. The second-order valence-corrected chi connectivity index (χ2v) is 16.0. The van der Waals surface area contributed by atoms with Gasteiger partial charge in [-0.2, -0.15) is 0 Å². The molecule has 0 aliphatic heterocycles. The normalized spacial score (nSPS) is 23.6. The molecule has 0 N–H and O–H groups in total. The Morgan fingerprint density at radius 3 is 2.03 bits per heavy atom. The van der Waals surface area contributed by atoms with Gasteiger partial charge < -0.3 is 0 Å². The molecule has 0 amide bonds. The molecule has 154 valence electrons. The highest BCUT2D eigenvalue weighted by Gasteiger charge is 2.44. The third-order valence-corrected chi connectivity index (χ3v) is 12.8. The number of allylic oxidation sites excluding steroid dienone is 3. The Hall–Kier alpha value is -1.86. The van der Waals surface area contributed by atoms with E-state index >= 15 is 0 Å². The molecule has 30 heavy (non-hydrogen) atoms. The first kappa shape index (κ1) is 18.9. The molecule has 1 heteroatoms. The fraction of sp³-hybridized carbons (Fsp3) is 0.448. The van der Waals surface area contributed by atoms with Crippen LogP contribution in [-0.4, -0.2) is 8.07 Å². The van der Waals surface area contributed by atoms with Crippen LogP contribution in [0.15, 0.2) is 36.4 Å². The smallest absolute Gasteiger partial charge is 0.0715 e. The van der Waals surface area contributed by atoms with Crippen LogP contribution in [0.1, 0.15) is 82.3 Å². The van der Waals surface area contributed by atoms with E-state index in [-0.39, 0.29) is 0 Å². The molecule has 2 aromatic rings. The van der Waals surface area contributed by atoms with E-state index in [0.29, 0.717) is 17.0 Å². The highest BCUT2D eigenvalue weighted by molar-refractivity contribution is 6.81. The van der Waals surface area contributed by atoms with Crippen LogP contribution in [0.4, 0.5) is 0 Å². The van der Waals surface area contributed by atoms with Crippen molar-refractivity contribution in [2.24, 2.45) is 5.92 Å². The summed E-state index contributed by atoms with van der Waals surface area (Å²) in [5.41, 5.74) is 15.8. The molecule has 0 saturated heterocycles. The van der Waals surface area contributed by atoms with Crippen LogP contribution in [0.25, 0.3) is 11.6 Å². The molecule has 4 aliphatic carbocycles. The number of hydrogen-bond acceptors (Lipinski definition) is 0. The van der Waals surface area contributed by atoms with Crippen molar-refractivity contribution in [3.05, 3.63) is 80.9 Å². The van der Waals surface area contributed by atoms with Crippen molar-refractivity contribution in [3.63, 3.8) is 0 Å². The van der Waals surface area contributed by atoms with Crippen LogP contribution < -0.4 is 0 Å². The highest BCUT2D eigenvalue weighted by atomic mass is 28.3. The number of hydrogen-bond donors (Lipinski definition) is 0. The molecule has 2 unspecified atom stereocenters. The van der Waals surface area contributed by atoms with Gasteiger partial charge in [-0.15, -0.1) is 0 Å². The lowest BCUT2D eigenvalue weighted by Gasteiger charge is -2.36. The Balaban J connectivity index is 1.45. The van der Waals surface area contributed by atoms with Gasteiger partial charge in [-0.3, -0.25) is 0 Å². The molecule has 0 saturated carbocycles. The monoisotopic (exact) mass is 410 g/mol. The van der Waals surface area contributed by atoms with Crippen LogP contribution in [-0.2, 0) is 25.7 Å². The molecular weight excluding hydrogens is 376 g/mol. The maximum Gasteiger partial charge on any atom is 0.0715 e. The van der Waals surface area contributed by atoms with Crippen LogP contribution in [0.5, 0.6) is 0 Å². The van der Waals surface area contributed by atoms with Crippen LogP contribution >= 0.6 is 0 Å². The second kappa shape index (κ2) is 6.57. The topological polar surface area (TPSA) is 0 Å². The number of benzene rings is 2. The molecule has 6 rings (SSSR count). The SMILES string of the molecule is CC(C)C1=CC([Si](C)(C)C2C=Cc3cc4c(cc32)CCC4)c2cc3c(cc21)CCC3. The Bertz CT molecular complexity index is 1110. The first-order valence-electron chi connectivity index (χ1n) is 12.1. The fourth-order valence-corrected chi connectivity index (χ4v) is 10.5. The fourth-order valence-electron chi connectivity index (χ4n) is 6.85. The summed E-state index contributed by atoms with van der Waals surface area (Å²) in [4.78, 5) is 0. The van der Waals surface area contributed by atoms with Crippen molar-refractivity contribution in [1.82, 2.24) is 0 Å². The molecule has 0 heterocycles. The minimum atomic E-state index is -1.66. The van der Waals surface area contributed by atoms with Gasteiger partial charge in [0.15, 0.2) is 0 Å². The van der Waals surface area contributed by atoms with Gasteiger partial charge in [0.05, 0.1) is 8.07 Å². The van der Waals surface area contributed by atoms with Crippen molar-refractivity contribution in [1.29, 1.82) is 0 Å². The summed E-state index contributed by atoms with van der Waals surface area (Å²) in [5, 5.41) is 0. The van der Waals surface area contributed by atoms with E-state index in [9.17, 15) is 0 Å². The molecule has 0 fully saturated rings. The van der Waals surface area contributed by atoms with E-state index in [1.54, 1.807) is 44.5 Å². The van der Waals surface area contributed by atoms with E-state index in [2.05, 4.69) is 69.4 Å². The second-order valence-electron chi connectivity index (χ2n) is 11.1. The van der Waals surface area contributed by atoms with E-state index in [1.165, 1.54) is 44.1 Å².